The highest BCUT2D eigenvalue weighted by molar-refractivity contribution is 6.05. The van der Waals surface area contributed by atoms with Gasteiger partial charge < -0.3 is 5.32 Å². The molecule has 0 saturated carbocycles. The van der Waals surface area contributed by atoms with E-state index in [0.717, 1.165) is 22.4 Å². The standard InChI is InChI=1S/C21H23N3O2/c1-13-11-15(3)18(12-14(13)2)20(25)22-19-16(4)23(5)24(21(19)26)17-9-7-6-8-10-17/h6-12H,1-5H3,(H,22,25). The maximum absolute atomic E-state index is 12.9. The van der Waals surface area contributed by atoms with Crippen LogP contribution in [0.2, 0.25) is 0 Å². The lowest BCUT2D eigenvalue weighted by atomic mass is 10.0. The van der Waals surface area contributed by atoms with Crippen molar-refractivity contribution in [2.24, 2.45) is 7.05 Å². The van der Waals surface area contributed by atoms with Crippen LogP contribution >= 0.6 is 0 Å². The quantitative estimate of drug-likeness (QED) is 0.784. The second kappa shape index (κ2) is 6.67. The van der Waals surface area contributed by atoms with Crippen LogP contribution in [0.5, 0.6) is 0 Å². The first-order valence-corrected chi connectivity index (χ1v) is 8.54. The van der Waals surface area contributed by atoms with Gasteiger partial charge in [0, 0.05) is 12.6 Å². The number of hydrogen-bond acceptors (Lipinski definition) is 2. The van der Waals surface area contributed by atoms with Gasteiger partial charge in [0.25, 0.3) is 11.5 Å². The predicted molar refractivity (Wildman–Crippen MR) is 104 cm³/mol. The summed E-state index contributed by atoms with van der Waals surface area (Å²) in [6.45, 7) is 7.72. The van der Waals surface area contributed by atoms with Gasteiger partial charge in [-0.05, 0) is 62.6 Å². The van der Waals surface area contributed by atoms with Gasteiger partial charge in [0.15, 0.2) is 0 Å². The van der Waals surface area contributed by atoms with Gasteiger partial charge in [0.05, 0.1) is 11.4 Å². The number of aryl methyl sites for hydroxylation is 3. The number of aromatic nitrogens is 2. The zero-order valence-corrected chi connectivity index (χ0v) is 15.8. The average Bonchev–Trinajstić information content (AvgIpc) is 2.82. The molecule has 2 aromatic carbocycles. The molecule has 134 valence electrons. The number of carbonyl (C=O) groups is 1. The van der Waals surface area contributed by atoms with Crippen LogP contribution < -0.4 is 10.9 Å². The maximum atomic E-state index is 12.9. The van der Waals surface area contributed by atoms with Gasteiger partial charge >= 0.3 is 0 Å². The van der Waals surface area contributed by atoms with Crippen LogP contribution in [-0.4, -0.2) is 15.3 Å². The number of hydrogen-bond donors (Lipinski definition) is 1. The minimum Gasteiger partial charge on any atom is -0.316 e. The Hall–Kier alpha value is -3.08. The van der Waals surface area contributed by atoms with Crippen molar-refractivity contribution in [1.29, 1.82) is 0 Å². The number of amides is 1. The largest absolute Gasteiger partial charge is 0.316 e. The zero-order valence-electron chi connectivity index (χ0n) is 15.8. The third kappa shape index (κ3) is 2.96. The van der Waals surface area contributed by atoms with E-state index >= 15 is 0 Å². The zero-order chi connectivity index (χ0) is 19.0. The summed E-state index contributed by atoms with van der Waals surface area (Å²) in [5.41, 5.74) is 5.18. The van der Waals surface area contributed by atoms with Crippen molar-refractivity contribution in [3.63, 3.8) is 0 Å². The van der Waals surface area contributed by atoms with E-state index in [1.807, 2.05) is 70.2 Å². The van der Waals surface area contributed by atoms with Crippen LogP contribution in [0.15, 0.2) is 47.3 Å². The number of rotatable bonds is 3. The van der Waals surface area contributed by atoms with E-state index in [0.29, 0.717) is 16.9 Å². The molecule has 0 unspecified atom stereocenters. The molecule has 0 spiro atoms. The highest BCUT2D eigenvalue weighted by Crippen LogP contribution is 2.19. The second-order valence-electron chi connectivity index (χ2n) is 6.64. The molecule has 0 saturated heterocycles. The molecule has 3 rings (SSSR count). The van der Waals surface area contributed by atoms with E-state index in [1.54, 1.807) is 16.4 Å². The molecule has 0 aliphatic carbocycles. The van der Waals surface area contributed by atoms with Crippen LogP contribution in [0.3, 0.4) is 0 Å². The van der Waals surface area contributed by atoms with Crippen molar-refractivity contribution >= 4 is 11.6 Å². The van der Waals surface area contributed by atoms with Gasteiger partial charge in [-0.3, -0.25) is 14.3 Å². The SMILES string of the molecule is Cc1cc(C)c(C(=O)Nc2c(C)n(C)n(-c3ccccc3)c2=O)cc1C. The van der Waals surface area contributed by atoms with Crippen molar-refractivity contribution in [2.45, 2.75) is 27.7 Å². The van der Waals surface area contributed by atoms with E-state index < -0.39 is 0 Å². The maximum Gasteiger partial charge on any atom is 0.295 e. The van der Waals surface area contributed by atoms with Crippen LogP contribution in [-0.2, 0) is 7.05 Å². The number of carbonyl (C=O) groups excluding carboxylic acids is 1. The number of anilines is 1. The lowest BCUT2D eigenvalue weighted by molar-refractivity contribution is 0.102. The Balaban J connectivity index is 2.03. The van der Waals surface area contributed by atoms with E-state index in [1.165, 1.54) is 0 Å². The first kappa shape index (κ1) is 17.7. The monoisotopic (exact) mass is 349 g/mol. The van der Waals surface area contributed by atoms with Crippen molar-refractivity contribution < 1.29 is 4.79 Å². The normalized spacial score (nSPS) is 10.8. The molecule has 0 bridgehead atoms. The first-order chi connectivity index (χ1) is 12.3. The van der Waals surface area contributed by atoms with Gasteiger partial charge in [-0.15, -0.1) is 0 Å². The number of nitrogens with zero attached hydrogens (tertiary/aromatic N) is 2. The molecule has 0 fully saturated rings. The van der Waals surface area contributed by atoms with Crippen LogP contribution in [0.25, 0.3) is 5.69 Å². The molecular weight excluding hydrogens is 326 g/mol. The third-order valence-electron chi connectivity index (χ3n) is 4.88. The molecule has 3 aromatic rings. The van der Waals surface area contributed by atoms with E-state index in [2.05, 4.69) is 5.32 Å². The van der Waals surface area contributed by atoms with Crippen molar-refractivity contribution in [2.75, 3.05) is 5.32 Å². The summed E-state index contributed by atoms with van der Waals surface area (Å²) in [7, 11) is 1.81. The summed E-state index contributed by atoms with van der Waals surface area (Å²) >= 11 is 0. The van der Waals surface area contributed by atoms with Gasteiger partial charge in [-0.2, -0.15) is 0 Å². The van der Waals surface area contributed by atoms with Crippen LogP contribution in [0.1, 0.15) is 32.7 Å². The van der Waals surface area contributed by atoms with E-state index in [4.69, 9.17) is 0 Å². The molecule has 5 nitrogen and oxygen atoms in total. The van der Waals surface area contributed by atoms with Crippen molar-refractivity contribution in [3.8, 4) is 5.69 Å². The van der Waals surface area contributed by atoms with Crippen LogP contribution in [0, 0.1) is 27.7 Å². The molecule has 1 aromatic heterocycles. The smallest absolute Gasteiger partial charge is 0.295 e. The Morgan fingerprint density at radius 3 is 2.19 bits per heavy atom. The Kier molecular flexibility index (Phi) is 4.55. The topological polar surface area (TPSA) is 56.0 Å². The summed E-state index contributed by atoms with van der Waals surface area (Å²) in [5.74, 6) is -0.267. The fourth-order valence-corrected chi connectivity index (χ4v) is 3.10. The van der Waals surface area contributed by atoms with E-state index in [9.17, 15) is 9.59 Å². The molecule has 26 heavy (non-hydrogen) atoms. The van der Waals surface area contributed by atoms with Gasteiger partial charge in [-0.25, -0.2) is 4.68 Å². The average molecular weight is 349 g/mol. The Morgan fingerprint density at radius 2 is 1.54 bits per heavy atom. The predicted octanol–water partition coefficient (Wildman–Crippen LogP) is 3.66. The lowest BCUT2D eigenvalue weighted by Gasteiger charge is -2.10. The Morgan fingerprint density at radius 1 is 0.923 bits per heavy atom. The van der Waals surface area contributed by atoms with Crippen molar-refractivity contribution in [1.82, 2.24) is 9.36 Å². The molecule has 0 radical (unpaired) electrons. The molecule has 5 heteroatoms. The Labute approximate surface area is 152 Å². The highest BCUT2D eigenvalue weighted by Gasteiger charge is 2.19. The third-order valence-corrected chi connectivity index (χ3v) is 4.88. The minimum atomic E-state index is -0.267. The van der Waals surface area contributed by atoms with Crippen molar-refractivity contribution in [3.05, 3.63) is 80.8 Å². The molecule has 1 heterocycles. The number of nitrogens with one attached hydrogen (secondary N) is 1. The molecule has 1 amide bonds. The highest BCUT2D eigenvalue weighted by atomic mass is 16.2. The van der Waals surface area contributed by atoms with Gasteiger partial charge in [0.1, 0.15) is 5.69 Å². The number of benzene rings is 2. The fourth-order valence-electron chi connectivity index (χ4n) is 3.10. The lowest BCUT2D eigenvalue weighted by Crippen LogP contribution is -2.23. The fraction of sp³-hybridized carbons (Fsp3) is 0.238. The minimum absolute atomic E-state index is 0.244. The second-order valence-corrected chi connectivity index (χ2v) is 6.64. The summed E-state index contributed by atoms with van der Waals surface area (Å²) in [6, 6.07) is 13.2. The molecular formula is C21H23N3O2. The number of para-hydroxylation sites is 1. The van der Waals surface area contributed by atoms with Crippen LogP contribution in [0.4, 0.5) is 5.69 Å². The molecule has 0 atom stereocenters. The molecule has 1 N–H and O–H groups in total. The summed E-state index contributed by atoms with van der Waals surface area (Å²) in [6.07, 6.45) is 0. The Bertz CT molecular complexity index is 1040. The first-order valence-electron chi connectivity index (χ1n) is 8.54. The van der Waals surface area contributed by atoms with Gasteiger partial charge in [-0.1, -0.05) is 24.3 Å². The molecule has 0 aliphatic rings. The van der Waals surface area contributed by atoms with E-state index in [-0.39, 0.29) is 11.5 Å². The summed E-state index contributed by atoms with van der Waals surface area (Å²) < 4.78 is 3.30. The summed E-state index contributed by atoms with van der Waals surface area (Å²) in [5, 5.41) is 2.82. The summed E-state index contributed by atoms with van der Waals surface area (Å²) in [4.78, 5) is 25.7. The molecule has 0 aliphatic heterocycles. The van der Waals surface area contributed by atoms with Gasteiger partial charge in [0.2, 0.25) is 0 Å².